The average Bonchev–Trinajstić information content (AvgIpc) is 3.10. The van der Waals surface area contributed by atoms with Gasteiger partial charge in [-0.1, -0.05) is 36.4 Å². The van der Waals surface area contributed by atoms with Crippen molar-refractivity contribution >= 4 is 29.9 Å². The van der Waals surface area contributed by atoms with E-state index >= 15 is 0 Å². The molecule has 3 unspecified atom stereocenters. The zero-order chi connectivity index (χ0) is 19.7. The van der Waals surface area contributed by atoms with Crippen LogP contribution >= 0.6 is 12.4 Å². The lowest BCUT2D eigenvalue weighted by molar-refractivity contribution is -0.130. The summed E-state index contributed by atoms with van der Waals surface area (Å²) in [6.07, 6.45) is 3.23. The van der Waals surface area contributed by atoms with E-state index in [-0.39, 0.29) is 48.6 Å². The predicted octanol–water partition coefficient (Wildman–Crippen LogP) is 3.79. The number of benzene rings is 2. The number of aryl methyl sites for hydroxylation is 1. The van der Waals surface area contributed by atoms with E-state index in [1.165, 1.54) is 5.56 Å². The second-order valence-corrected chi connectivity index (χ2v) is 7.95. The number of anilines is 1. The summed E-state index contributed by atoms with van der Waals surface area (Å²) in [6, 6.07) is 15.9. The molecule has 0 spiro atoms. The Labute approximate surface area is 178 Å². The molecule has 2 amide bonds. The second-order valence-electron chi connectivity index (χ2n) is 7.95. The number of halogens is 1. The van der Waals surface area contributed by atoms with Crippen molar-refractivity contribution in [2.24, 2.45) is 5.92 Å². The van der Waals surface area contributed by atoms with Gasteiger partial charge in [-0.2, -0.15) is 0 Å². The first kappa shape index (κ1) is 21.2. The fraction of sp³-hybridized carbons (Fsp3) is 0.391. The van der Waals surface area contributed by atoms with Gasteiger partial charge in [0.05, 0.1) is 18.0 Å². The van der Waals surface area contributed by atoms with Gasteiger partial charge in [0.15, 0.2) is 0 Å². The van der Waals surface area contributed by atoms with Crippen LogP contribution in [0.5, 0.6) is 0 Å². The molecular weight excluding hydrogens is 386 g/mol. The van der Waals surface area contributed by atoms with E-state index in [1.54, 1.807) is 0 Å². The van der Waals surface area contributed by atoms with E-state index in [9.17, 15) is 9.59 Å². The fourth-order valence-electron chi connectivity index (χ4n) is 4.47. The van der Waals surface area contributed by atoms with E-state index in [0.29, 0.717) is 6.54 Å². The lowest BCUT2D eigenvalue weighted by atomic mass is 9.87. The molecule has 0 aromatic heterocycles. The maximum absolute atomic E-state index is 12.9. The number of amides is 2. The Hall–Kier alpha value is -2.53. The van der Waals surface area contributed by atoms with Crippen molar-refractivity contribution in [2.75, 3.05) is 12.3 Å². The SMILES string of the molecule is CC(c1ccccc1)N1CC(C(=O)NC2CCCc3cc(N)ccc32)CC1=O.Cl. The smallest absolute Gasteiger partial charge is 0.225 e. The predicted molar refractivity (Wildman–Crippen MR) is 117 cm³/mol. The number of carbonyl (C=O) groups is 2. The van der Waals surface area contributed by atoms with Crippen molar-refractivity contribution in [3.63, 3.8) is 0 Å². The highest BCUT2D eigenvalue weighted by Gasteiger charge is 2.38. The molecule has 1 heterocycles. The van der Waals surface area contributed by atoms with Crippen LogP contribution in [0.3, 0.4) is 0 Å². The highest BCUT2D eigenvalue weighted by molar-refractivity contribution is 5.89. The maximum Gasteiger partial charge on any atom is 0.225 e. The first-order valence-corrected chi connectivity index (χ1v) is 10.1. The first-order valence-electron chi connectivity index (χ1n) is 10.1. The molecule has 6 heteroatoms. The van der Waals surface area contributed by atoms with Crippen LogP contribution in [0.1, 0.15) is 55.0 Å². The maximum atomic E-state index is 12.9. The van der Waals surface area contributed by atoms with E-state index in [4.69, 9.17) is 5.73 Å². The summed E-state index contributed by atoms with van der Waals surface area (Å²) in [4.78, 5) is 27.3. The Morgan fingerprint density at radius 1 is 1.21 bits per heavy atom. The number of likely N-dealkylation sites (tertiary alicyclic amines) is 1. The highest BCUT2D eigenvalue weighted by Crippen LogP contribution is 2.33. The Bertz CT molecular complexity index is 887. The van der Waals surface area contributed by atoms with Crippen LogP contribution in [-0.4, -0.2) is 23.3 Å². The van der Waals surface area contributed by atoms with Crippen molar-refractivity contribution in [3.05, 3.63) is 65.2 Å². The van der Waals surface area contributed by atoms with E-state index in [1.807, 2.05) is 60.4 Å². The van der Waals surface area contributed by atoms with Gasteiger partial charge in [-0.3, -0.25) is 9.59 Å². The third kappa shape index (κ3) is 4.40. The molecular formula is C23H28ClN3O2. The van der Waals surface area contributed by atoms with E-state index in [2.05, 4.69) is 5.32 Å². The van der Waals surface area contributed by atoms with Gasteiger partial charge in [0.25, 0.3) is 0 Å². The standard InChI is InChI=1S/C23H27N3O2.ClH/c1-15(16-6-3-2-4-7-16)26-14-18(13-22(26)27)23(28)25-21-9-5-8-17-12-19(24)10-11-20(17)21;/h2-4,6-7,10-12,15,18,21H,5,8-9,13-14,24H2,1H3,(H,25,28);1H. The molecule has 1 saturated heterocycles. The van der Waals surface area contributed by atoms with Crippen molar-refractivity contribution in [1.29, 1.82) is 0 Å². The molecule has 5 nitrogen and oxygen atoms in total. The molecule has 154 valence electrons. The number of nitrogens with two attached hydrogens (primary N) is 1. The molecule has 0 bridgehead atoms. The van der Waals surface area contributed by atoms with Crippen LogP contribution in [-0.2, 0) is 16.0 Å². The Kier molecular flexibility index (Phi) is 6.48. The van der Waals surface area contributed by atoms with Crippen LogP contribution < -0.4 is 11.1 Å². The molecule has 2 aromatic carbocycles. The van der Waals surface area contributed by atoms with Gasteiger partial charge in [-0.25, -0.2) is 0 Å². The monoisotopic (exact) mass is 413 g/mol. The number of nitrogens with zero attached hydrogens (tertiary/aromatic N) is 1. The average molecular weight is 414 g/mol. The van der Waals surface area contributed by atoms with Crippen LogP contribution in [0, 0.1) is 5.92 Å². The minimum Gasteiger partial charge on any atom is -0.399 e. The molecule has 0 radical (unpaired) electrons. The summed E-state index contributed by atoms with van der Waals surface area (Å²) in [5, 5.41) is 3.20. The molecule has 3 N–H and O–H groups in total. The molecule has 3 atom stereocenters. The number of rotatable bonds is 4. The van der Waals surface area contributed by atoms with Crippen molar-refractivity contribution < 1.29 is 9.59 Å². The van der Waals surface area contributed by atoms with Crippen LogP contribution in [0.4, 0.5) is 5.69 Å². The Morgan fingerprint density at radius 3 is 2.72 bits per heavy atom. The van der Waals surface area contributed by atoms with Gasteiger partial charge in [0, 0.05) is 18.7 Å². The fourth-order valence-corrected chi connectivity index (χ4v) is 4.47. The zero-order valence-corrected chi connectivity index (χ0v) is 17.5. The number of fused-ring (bicyclic) bond motifs is 1. The molecule has 2 aromatic rings. The lowest BCUT2D eigenvalue weighted by Gasteiger charge is -2.28. The molecule has 1 aliphatic carbocycles. The summed E-state index contributed by atoms with van der Waals surface area (Å²) in [6.45, 7) is 2.50. The van der Waals surface area contributed by atoms with Crippen LogP contribution in [0.2, 0.25) is 0 Å². The van der Waals surface area contributed by atoms with Gasteiger partial charge in [0.1, 0.15) is 0 Å². The summed E-state index contributed by atoms with van der Waals surface area (Å²) >= 11 is 0. The third-order valence-corrected chi connectivity index (χ3v) is 6.08. The third-order valence-electron chi connectivity index (χ3n) is 6.08. The summed E-state index contributed by atoms with van der Waals surface area (Å²) < 4.78 is 0. The van der Waals surface area contributed by atoms with Crippen molar-refractivity contribution in [2.45, 2.75) is 44.7 Å². The quantitative estimate of drug-likeness (QED) is 0.748. The minimum atomic E-state index is -0.294. The Balaban J connectivity index is 0.00000240. The first-order chi connectivity index (χ1) is 13.5. The zero-order valence-electron chi connectivity index (χ0n) is 16.6. The van der Waals surface area contributed by atoms with Gasteiger partial charge in [0.2, 0.25) is 11.8 Å². The van der Waals surface area contributed by atoms with E-state index < -0.39 is 0 Å². The molecule has 4 rings (SSSR count). The van der Waals surface area contributed by atoms with Gasteiger partial charge in [-0.05, 0) is 55.0 Å². The number of hydrogen-bond acceptors (Lipinski definition) is 3. The highest BCUT2D eigenvalue weighted by atomic mass is 35.5. The normalized spacial score (nSPS) is 21.8. The number of nitrogen functional groups attached to an aromatic ring is 1. The number of carbonyl (C=O) groups excluding carboxylic acids is 2. The topological polar surface area (TPSA) is 75.4 Å². The van der Waals surface area contributed by atoms with E-state index in [0.717, 1.165) is 36.1 Å². The lowest BCUT2D eigenvalue weighted by Crippen LogP contribution is -2.37. The molecule has 29 heavy (non-hydrogen) atoms. The van der Waals surface area contributed by atoms with Gasteiger partial charge in [-0.15, -0.1) is 12.4 Å². The summed E-state index contributed by atoms with van der Waals surface area (Å²) in [5.41, 5.74) is 10.1. The van der Waals surface area contributed by atoms with Gasteiger partial charge < -0.3 is 16.0 Å². The minimum absolute atomic E-state index is 0. The van der Waals surface area contributed by atoms with Crippen LogP contribution in [0.15, 0.2) is 48.5 Å². The Morgan fingerprint density at radius 2 is 1.97 bits per heavy atom. The number of nitrogens with one attached hydrogen (secondary N) is 1. The summed E-state index contributed by atoms with van der Waals surface area (Å²) in [7, 11) is 0. The van der Waals surface area contributed by atoms with Gasteiger partial charge >= 0.3 is 0 Å². The summed E-state index contributed by atoms with van der Waals surface area (Å²) in [5.74, 6) is -0.267. The largest absolute Gasteiger partial charge is 0.399 e. The molecule has 2 aliphatic rings. The molecule has 0 saturated carbocycles. The molecule has 1 fully saturated rings. The second kappa shape index (κ2) is 8.87. The van der Waals surface area contributed by atoms with Crippen molar-refractivity contribution in [3.8, 4) is 0 Å². The van der Waals surface area contributed by atoms with Crippen molar-refractivity contribution in [1.82, 2.24) is 10.2 Å². The number of hydrogen-bond donors (Lipinski definition) is 2. The molecule has 1 aliphatic heterocycles. The van der Waals surface area contributed by atoms with Crippen LogP contribution in [0.25, 0.3) is 0 Å².